The van der Waals surface area contributed by atoms with Gasteiger partial charge in [0.2, 0.25) is 0 Å². The Hall–Kier alpha value is -1.32. The van der Waals surface area contributed by atoms with Crippen molar-refractivity contribution in [3.8, 4) is 5.75 Å². The van der Waals surface area contributed by atoms with Crippen molar-refractivity contribution in [2.24, 2.45) is 0 Å². The average Bonchev–Trinajstić information content (AvgIpc) is 2.81. The lowest BCUT2D eigenvalue weighted by Gasteiger charge is -2.17. The third-order valence-corrected chi connectivity index (χ3v) is 4.04. The highest BCUT2D eigenvalue weighted by Crippen LogP contribution is 2.28. The number of rotatable bonds is 3. The van der Waals surface area contributed by atoms with Crippen LogP contribution in [-0.4, -0.2) is 12.0 Å². The molecular formula is C16H16BrNO. The van der Waals surface area contributed by atoms with Crippen LogP contribution >= 0.6 is 15.9 Å². The molecule has 1 heterocycles. The zero-order valence-corrected chi connectivity index (χ0v) is 12.5. The normalized spacial score (nSPS) is 14.4. The summed E-state index contributed by atoms with van der Waals surface area (Å²) in [5.74, 6) is 0.958. The average molecular weight is 318 g/mol. The van der Waals surface area contributed by atoms with E-state index in [0.717, 1.165) is 29.9 Å². The van der Waals surface area contributed by atoms with E-state index in [1.165, 1.54) is 16.7 Å². The van der Waals surface area contributed by atoms with Gasteiger partial charge in [-0.15, -0.1) is 0 Å². The van der Waals surface area contributed by atoms with Crippen LogP contribution < -0.4 is 4.74 Å². The first-order valence-corrected chi connectivity index (χ1v) is 7.17. The summed E-state index contributed by atoms with van der Waals surface area (Å²) in [5.41, 5.74) is 4.11. The van der Waals surface area contributed by atoms with Crippen molar-refractivity contribution in [3.63, 3.8) is 0 Å². The number of hydrogen-bond acceptors (Lipinski definition) is 2. The zero-order valence-electron chi connectivity index (χ0n) is 10.9. The summed E-state index contributed by atoms with van der Waals surface area (Å²) in [6, 6.07) is 14.8. The fourth-order valence-corrected chi connectivity index (χ4v) is 3.04. The first-order valence-electron chi connectivity index (χ1n) is 6.38. The molecule has 0 bridgehead atoms. The molecule has 0 radical (unpaired) electrons. The number of ether oxygens (including phenoxy) is 1. The minimum atomic E-state index is 0.914. The van der Waals surface area contributed by atoms with Gasteiger partial charge in [0.1, 0.15) is 5.75 Å². The van der Waals surface area contributed by atoms with Gasteiger partial charge < -0.3 is 4.74 Å². The molecule has 0 unspecified atom stereocenters. The largest absolute Gasteiger partial charge is 0.496 e. The molecule has 0 amide bonds. The van der Waals surface area contributed by atoms with E-state index in [4.69, 9.17) is 4.74 Å². The SMILES string of the molecule is COc1ccc(Br)cc1CN1Cc2ccccc2C1. The van der Waals surface area contributed by atoms with Crippen molar-refractivity contribution in [1.29, 1.82) is 0 Å². The monoisotopic (exact) mass is 317 g/mol. The van der Waals surface area contributed by atoms with Gasteiger partial charge in [-0.1, -0.05) is 40.2 Å². The maximum atomic E-state index is 5.44. The molecule has 2 aromatic carbocycles. The molecule has 0 aliphatic carbocycles. The number of methoxy groups -OCH3 is 1. The van der Waals surface area contributed by atoms with Crippen molar-refractivity contribution in [2.75, 3.05) is 7.11 Å². The molecule has 0 aromatic heterocycles. The Morgan fingerprint density at radius 2 is 1.79 bits per heavy atom. The lowest BCUT2D eigenvalue weighted by molar-refractivity contribution is 0.270. The summed E-state index contributed by atoms with van der Waals surface area (Å²) in [6.45, 7) is 2.95. The van der Waals surface area contributed by atoms with Gasteiger partial charge in [-0.25, -0.2) is 0 Å². The molecule has 0 saturated carbocycles. The molecular weight excluding hydrogens is 302 g/mol. The van der Waals surface area contributed by atoms with Crippen LogP contribution in [0.5, 0.6) is 5.75 Å². The fraction of sp³-hybridized carbons (Fsp3) is 0.250. The maximum Gasteiger partial charge on any atom is 0.123 e. The van der Waals surface area contributed by atoms with Gasteiger partial charge in [-0.2, -0.15) is 0 Å². The van der Waals surface area contributed by atoms with E-state index in [1.807, 2.05) is 12.1 Å². The third-order valence-electron chi connectivity index (χ3n) is 3.54. The Morgan fingerprint density at radius 3 is 2.42 bits per heavy atom. The summed E-state index contributed by atoms with van der Waals surface area (Å²) in [6.07, 6.45) is 0. The van der Waals surface area contributed by atoms with Crippen molar-refractivity contribution < 1.29 is 4.74 Å². The molecule has 3 rings (SSSR count). The van der Waals surface area contributed by atoms with E-state index in [9.17, 15) is 0 Å². The Kier molecular flexibility index (Phi) is 3.58. The van der Waals surface area contributed by atoms with Gasteiger partial charge in [-0.05, 0) is 29.3 Å². The van der Waals surface area contributed by atoms with Gasteiger partial charge >= 0.3 is 0 Å². The lowest BCUT2D eigenvalue weighted by atomic mass is 10.1. The minimum Gasteiger partial charge on any atom is -0.496 e. The van der Waals surface area contributed by atoms with Gasteiger partial charge in [-0.3, -0.25) is 4.90 Å². The molecule has 0 N–H and O–H groups in total. The van der Waals surface area contributed by atoms with Crippen molar-refractivity contribution in [3.05, 3.63) is 63.6 Å². The molecule has 2 aromatic rings. The Labute approximate surface area is 122 Å². The van der Waals surface area contributed by atoms with Crippen LogP contribution in [0, 0.1) is 0 Å². The van der Waals surface area contributed by atoms with Gasteiger partial charge in [0.15, 0.2) is 0 Å². The molecule has 0 fully saturated rings. The molecule has 19 heavy (non-hydrogen) atoms. The molecule has 0 spiro atoms. The van der Waals surface area contributed by atoms with E-state index in [1.54, 1.807) is 7.11 Å². The Balaban J connectivity index is 1.79. The highest BCUT2D eigenvalue weighted by molar-refractivity contribution is 9.10. The second-order valence-corrected chi connectivity index (χ2v) is 5.79. The van der Waals surface area contributed by atoms with Crippen molar-refractivity contribution in [2.45, 2.75) is 19.6 Å². The number of fused-ring (bicyclic) bond motifs is 1. The quantitative estimate of drug-likeness (QED) is 0.849. The fourth-order valence-electron chi connectivity index (χ4n) is 2.63. The van der Waals surface area contributed by atoms with Crippen LogP contribution in [0.2, 0.25) is 0 Å². The van der Waals surface area contributed by atoms with Crippen LogP contribution in [0.15, 0.2) is 46.9 Å². The van der Waals surface area contributed by atoms with Crippen LogP contribution in [0.1, 0.15) is 16.7 Å². The summed E-state index contributed by atoms with van der Waals surface area (Å²) in [4.78, 5) is 2.44. The molecule has 2 nitrogen and oxygen atoms in total. The predicted molar refractivity (Wildman–Crippen MR) is 80.1 cm³/mol. The standard InChI is InChI=1S/C16H16BrNO/c1-19-16-7-6-15(17)8-14(16)11-18-9-12-4-2-3-5-13(12)10-18/h2-8H,9-11H2,1H3. The first kappa shape index (κ1) is 12.7. The number of nitrogens with zero attached hydrogens (tertiary/aromatic N) is 1. The van der Waals surface area contributed by atoms with Crippen LogP contribution in [0.25, 0.3) is 0 Å². The van der Waals surface area contributed by atoms with Gasteiger partial charge in [0.05, 0.1) is 7.11 Å². The van der Waals surface area contributed by atoms with E-state index in [-0.39, 0.29) is 0 Å². The van der Waals surface area contributed by atoms with Gasteiger partial charge in [0, 0.05) is 29.7 Å². The topological polar surface area (TPSA) is 12.5 Å². The summed E-state index contributed by atoms with van der Waals surface area (Å²) in [5, 5.41) is 0. The van der Waals surface area contributed by atoms with E-state index in [2.05, 4.69) is 51.2 Å². The number of benzene rings is 2. The second-order valence-electron chi connectivity index (χ2n) is 4.87. The molecule has 3 heteroatoms. The third kappa shape index (κ3) is 2.67. The molecule has 0 atom stereocenters. The second kappa shape index (κ2) is 5.35. The first-order chi connectivity index (χ1) is 9.26. The summed E-state index contributed by atoms with van der Waals surface area (Å²) in [7, 11) is 1.73. The van der Waals surface area contributed by atoms with Crippen molar-refractivity contribution >= 4 is 15.9 Å². The van der Waals surface area contributed by atoms with Crippen LogP contribution in [0.4, 0.5) is 0 Å². The Morgan fingerprint density at radius 1 is 1.11 bits per heavy atom. The zero-order chi connectivity index (χ0) is 13.2. The van der Waals surface area contributed by atoms with Crippen LogP contribution in [0.3, 0.4) is 0 Å². The smallest absolute Gasteiger partial charge is 0.123 e. The minimum absolute atomic E-state index is 0.914. The van der Waals surface area contributed by atoms with Crippen molar-refractivity contribution in [1.82, 2.24) is 4.90 Å². The summed E-state index contributed by atoms with van der Waals surface area (Å²) < 4.78 is 6.54. The van der Waals surface area contributed by atoms with Crippen LogP contribution in [-0.2, 0) is 19.6 Å². The summed E-state index contributed by atoms with van der Waals surface area (Å²) >= 11 is 3.53. The molecule has 0 saturated heterocycles. The lowest BCUT2D eigenvalue weighted by Crippen LogP contribution is -2.16. The molecule has 98 valence electrons. The van der Waals surface area contributed by atoms with E-state index < -0.39 is 0 Å². The highest BCUT2D eigenvalue weighted by Gasteiger charge is 2.19. The van der Waals surface area contributed by atoms with E-state index >= 15 is 0 Å². The predicted octanol–water partition coefficient (Wildman–Crippen LogP) is 3.97. The highest BCUT2D eigenvalue weighted by atomic mass is 79.9. The Bertz CT molecular complexity index is 572. The number of halogens is 1. The molecule has 1 aliphatic heterocycles. The van der Waals surface area contributed by atoms with E-state index in [0.29, 0.717) is 0 Å². The number of hydrogen-bond donors (Lipinski definition) is 0. The maximum absolute atomic E-state index is 5.44. The van der Waals surface area contributed by atoms with Gasteiger partial charge in [0.25, 0.3) is 0 Å². The molecule has 1 aliphatic rings.